The normalized spacial score (nSPS) is 18.9. The van der Waals surface area contributed by atoms with E-state index in [9.17, 15) is 5.11 Å². The predicted molar refractivity (Wildman–Crippen MR) is 84.9 cm³/mol. The van der Waals surface area contributed by atoms with Crippen LogP contribution in [-0.4, -0.2) is 35.7 Å². The summed E-state index contributed by atoms with van der Waals surface area (Å²) in [6.07, 6.45) is 3.83. The zero-order chi connectivity index (χ0) is 14.4. The highest BCUT2D eigenvalue weighted by atomic mass is 16.3. The van der Waals surface area contributed by atoms with E-state index in [4.69, 9.17) is 0 Å². The second-order valence-electron chi connectivity index (χ2n) is 5.97. The molecule has 1 aromatic carbocycles. The number of benzene rings is 1. The molecule has 2 N–H and O–H groups in total. The van der Waals surface area contributed by atoms with Crippen molar-refractivity contribution in [3.8, 4) is 0 Å². The molecule has 0 saturated carbocycles. The molecular formula is C17H28N2O. The quantitative estimate of drug-likeness (QED) is 0.838. The molecule has 3 nitrogen and oxygen atoms in total. The third-order valence-corrected chi connectivity index (χ3v) is 4.38. The van der Waals surface area contributed by atoms with Crippen LogP contribution in [-0.2, 0) is 6.61 Å². The zero-order valence-electron chi connectivity index (χ0n) is 12.8. The molecule has 1 heterocycles. The molecule has 1 aliphatic heterocycles. The smallest absolute Gasteiger partial charge is 0.0682 e. The number of rotatable bonds is 6. The van der Waals surface area contributed by atoms with E-state index < -0.39 is 0 Å². The van der Waals surface area contributed by atoms with Gasteiger partial charge in [0.05, 0.1) is 6.61 Å². The molecule has 1 fully saturated rings. The molecule has 0 aliphatic carbocycles. The first kappa shape index (κ1) is 15.3. The van der Waals surface area contributed by atoms with Gasteiger partial charge in [0.2, 0.25) is 0 Å². The highest BCUT2D eigenvalue weighted by Gasteiger charge is 2.23. The minimum Gasteiger partial charge on any atom is -0.392 e. The summed E-state index contributed by atoms with van der Waals surface area (Å²) in [6.45, 7) is 8.37. The van der Waals surface area contributed by atoms with Crippen LogP contribution in [0.25, 0.3) is 0 Å². The Morgan fingerprint density at radius 2 is 2.10 bits per heavy atom. The van der Waals surface area contributed by atoms with Crippen LogP contribution >= 0.6 is 0 Å². The molecule has 2 rings (SSSR count). The first-order chi connectivity index (χ1) is 9.72. The Balaban J connectivity index is 1.84. The summed E-state index contributed by atoms with van der Waals surface area (Å²) in [6, 6.07) is 8.58. The zero-order valence-corrected chi connectivity index (χ0v) is 12.8. The van der Waals surface area contributed by atoms with Gasteiger partial charge in [-0.2, -0.15) is 0 Å². The Labute approximate surface area is 123 Å². The highest BCUT2D eigenvalue weighted by Crippen LogP contribution is 2.23. The molecular weight excluding hydrogens is 248 g/mol. The average Bonchev–Trinajstić information content (AvgIpc) is 2.48. The highest BCUT2D eigenvalue weighted by molar-refractivity contribution is 5.46. The van der Waals surface area contributed by atoms with E-state index in [0.29, 0.717) is 6.04 Å². The maximum absolute atomic E-state index is 9.19. The van der Waals surface area contributed by atoms with Gasteiger partial charge in [0.25, 0.3) is 0 Å². The number of likely N-dealkylation sites (tertiary alicyclic amines) is 1. The van der Waals surface area contributed by atoms with Gasteiger partial charge in [0.15, 0.2) is 0 Å². The Morgan fingerprint density at radius 3 is 2.75 bits per heavy atom. The predicted octanol–water partition coefficient (Wildman–Crippen LogP) is 3.10. The van der Waals surface area contributed by atoms with E-state index in [0.717, 1.165) is 17.2 Å². The van der Waals surface area contributed by atoms with Crippen LogP contribution in [0.3, 0.4) is 0 Å². The number of hydrogen-bond donors (Lipinski definition) is 2. The minimum absolute atomic E-state index is 0.110. The van der Waals surface area contributed by atoms with Crippen molar-refractivity contribution in [2.75, 3.05) is 25.0 Å². The minimum atomic E-state index is 0.110. The van der Waals surface area contributed by atoms with Gasteiger partial charge in [-0.1, -0.05) is 19.1 Å². The number of aliphatic hydroxyl groups is 1. The third kappa shape index (κ3) is 4.22. The van der Waals surface area contributed by atoms with Gasteiger partial charge in [-0.05, 0) is 69.4 Å². The number of nitrogens with zero attached hydrogens (tertiary/aromatic N) is 1. The second-order valence-corrected chi connectivity index (χ2v) is 5.97. The lowest BCUT2D eigenvalue weighted by Crippen LogP contribution is -2.39. The number of piperidine rings is 1. The van der Waals surface area contributed by atoms with Gasteiger partial charge in [-0.3, -0.25) is 0 Å². The van der Waals surface area contributed by atoms with E-state index in [1.165, 1.54) is 38.9 Å². The summed E-state index contributed by atoms with van der Waals surface area (Å²) in [7, 11) is 0. The van der Waals surface area contributed by atoms with E-state index in [1.54, 1.807) is 0 Å². The van der Waals surface area contributed by atoms with E-state index in [1.807, 2.05) is 18.2 Å². The molecule has 112 valence electrons. The Bertz CT molecular complexity index is 400. The van der Waals surface area contributed by atoms with Crippen molar-refractivity contribution >= 4 is 5.69 Å². The van der Waals surface area contributed by atoms with Crippen LogP contribution in [0.1, 0.15) is 38.7 Å². The van der Waals surface area contributed by atoms with Crippen molar-refractivity contribution in [1.82, 2.24) is 4.90 Å². The van der Waals surface area contributed by atoms with Crippen LogP contribution in [0.4, 0.5) is 5.69 Å². The van der Waals surface area contributed by atoms with E-state index in [2.05, 4.69) is 30.1 Å². The van der Waals surface area contributed by atoms with Crippen molar-refractivity contribution in [1.29, 1.82) is 0 Å². The van der Waals surface area contributed by atoms with Gasteiger partial charge in [-0.25, -0.2) is 0 Å². The average molecular weight is 276 g/mol. The van der Waals surface area contributed by atoms with Crippen molar-refractivity contribution in [3.05, 3.63) is 29.8 Å². The monoisotopic (exact) mass is 276 g/mol. The molecule has 1 aliphatic rings. The number of nitrogens with one attached hydrogen (secondary N) is 1. The SMILES string of the molecule is CCCN1CCC(C(C)Nc2cccc(CO)c2)CC1. The lowest BCUT2D eigenvalue weighted by atomic mass is 9.90. The molecule has 20 heavy (non-hydrogen) atoms. The maximum Gasteiger partial charge on any atom is 0.0682 e. The fraction of sp³-hybridized carbons (Fsp3) is 0.647. The molecule has 1 saturated heterocycles. The van der Waals surface area contributed by atoms with Crippen LogP contribution in [0.5, 0.6) is 0 Å². The summed E-state index contributed by atoms with van der Waals surface area (Å²) < 4.78 is 0. The standard InChI is InChI=1S/C17H28N2O/c1-3-9-19-10-7-16(8-11-19)14(2)18-17-6-4-5-15(12-17)13-20/h4-6,12,14,16,18,20H,3,7-11,13H2,1-2H3. The summed E-state index contributed by atoms with van der Waals surface area (Å²) in [5.41, 5.74) is 2.10. The van der Waals surface area contributed by atoms with Crippen molar-refractivity contribution < 1.29 is 5.11 Å². The number of anilines is 1. The Kier molecular flexibility index (Phi) is 5.86. The van der Waals surface area contributed by atoms with Gasteiger partial charge >= 0.3 is 0 Å². The van der Waals surface area contributed by atoms with Crippen LogP contribution in [0.15, 0.2) is 24.3 Å². The fourth-order valence-corrected chi connectivity index (χ4v) is 3.13. The van der Waals surface area contributed by atoms with E-state index in [-0.39, 0.29) is 6.61 Å². The second kappa shape index (κ2) is 7.65. The molecule has 1 atom stereocenters. The molecule has 1 unspecified atom stereocenters. The largest absolute Gasteiger partial charge is 0.392 e. The fourth-order valence-electron chi connectivity index (χ4n) is 3.13. The van der Waals surface area contributed by atoms with Gasteiger partial charge in [0, 0.05) is 11.7 Å². The first-order valence-corrected chi connectivity index (χ1v) is 7.91. The topological polar surface area (TPSA) is 35.5 Å². The van der Waals surface area contributed by atoms with E-state index >= 15 is 0 Å². The molecule has 0 aromatic heterocycles. The lowest BCUT2D eigenvalue weighted by molar-refractivity contribution is 0.176. The van der Waals surface area contributed by atoms with Crippen LogP contribution in [0, 0.1) is 5.92 Å². The summed E-state index contributed by atoms with van der Waals surface area (Å²) in [4.78, 5) is 2.58. The van der Waals surface area contributed by atoms with Crippen LogP contribution in [0.2, 0.25) is 0 Å². The summed E-state index contributed by atoms with van der Waals surface area (Å²) in [5, 5.41) is 12.8. The number of aliphatic hydroxyl groups excluding tert-OH is 1. The van der Waals surface area contributed by atoms with Gasteiger partial charge in [0.1, 0.15) is 0 Å². The molecule has 0 spiro atoms. The Morgan fingerprint density at radius 1 is 1.35 bits per heavy atom. The molecule has 1 aromatic rings. The van der Waals surface area contributed by atoms with Gasteiger partial charge < -0.3 is 15.3 Å². The number of hydrogen-bond acceptors (Lipinski definition) is 3. The van der Waals surface area contributed by atoms with Crippen molar-refractivity contribution in [2.24, 2.45) is 5.92 Å². The molecule has 3 heteroatoms. The molecule has 0 amide bonds. The lowest BCUT2D eigenvalue weighted by Gasteiger charge is -2.35. The summed E-state index contributed by atoms with van der Waals surface area (Å²) in [5.74, 6) is 0.751. The van der Waals surface area contributed by atoms with Crippen molar-refractivity contribution in [2.45, 2.75) is 45.8 Å². The first-order valence-electron chi connectivity index (χ1n) is 7.91. The Hall–Kier alpha value is -1.06. The maximum atomic E-state index is 9.19. The molecule has 0 radical (unpaired) electrons. The summed E-state index contributed by atoms with van der Waals surface area (Å²) >= 11 is 0. The third-order valence-electron chi connectivity index (χ3n) is 4.38. The van der Waals surface area contributed by atoms with Gasteiger partial charge in [-0.15, -0.1) is 0 Å². The van der Waals surface area contributed by atoms with Crippen LogP contribution < -0.4 is 5.32 Å². The molecule has 0 bridgehead atoms. The van der Waals surface area contributed by atoms with Crippen molar-refractivity contribution in [3.63, 3.8) is 0 Å².